The van der Waals surface area contributed by atoms with Gasteiger partial charge in [0.1, 0.15) is 5.83 Å². The molecule has 5 nitrogen and oxygen atoms in total. The molecule has 2 saturated heterocycles. The van der Waals surface area contributed by atoms with Crippen LogP contribution in [0.15, 0.2) is 48.6 Å². The molecule has 0 spiro atoms. The fourth-order valence-electron chi connectivity index (χ4n) is 7.88. The van der Waals surface area contributed by atoms with Crippen LogP contribution in [0.1, 0.15) is 60.5 Å². The standard InChI is InChI=1S/C30H34FN5/c31-26-17-20-4-1-9-33-29(20)30(19-25(26)30)36-14-12-34(13-15-36)22-5-3-10-35(11-7-22)27-18-21-16-24(21)23-6-2-8-32-28(23)27/h1-2,4,6,8-9,17-18,21-22,24-25H,3,5,7,10-16,19H2. The van der Waals surface area contributed by atoms with Crippen molar-refractivity contribution in [3.05, 3.63) is 71.1 Å². The van der Waals surface area contributed by atoms with E-state index in [2.05, 4.69) is 32.9 Å². The van der Waals surface area contributed by atoms with Crippen molar-refractivity contribution in [2.24, 2.45) is 11.8 Å². The molecule has 4 aliphatic carbocycles. The second-order valence-corrected chi connectivity index (χ2v) is 11.7. The summed E-state index contributed by atoms with van der Waals surface area (Å²) in [7, 11) is 0. The molecule has 6 heteroatoms. The number of hydrogen-bond donors (Lipinski definition) is 0. The first kappa shape index (κ1) is 21.5. The van der Waals surface area contributed by atoms with E-state index in [0.717, 1.165) is 62.9 Å². The van der Waals surface area contributed by atoms with Gasteiger partial charge in [0.15, 0.2) is 0 Å². The maximum Gasteiger partial charge on any atom is 0.106 e. The maximum absolute atomic E-state index is 14.8. The molecule has 4 fully saturated rings. The average Bonchev–Trinajstić information content (AvgIpc) is 3.82. The Labute approximate surface area is 212 Å². The molecular weight excluding hydrogens is 449 g/mol. The Kier molecular flexibility index (Phi) is 4.76. The summed E-state index contributed by atoms with van der Waals surface area (Å²) in [5, 5.41) is 0. The zero-order chi connectivity index (χ0) is 23.9. The van der Waals surface area contributed by atoms with E-state index in [-0.39, 0.29) is 17.3 Å². The van der Waals surface area contributed by atoms with Gasteiger partial charge in [-0.1, -0.05) is 18.2 Å². The fraction of sp³-hybridized carbons (Fsp3) is 0.533. The van der Waals surface area contributed by atoms with Gasteiger partial charge in [-0.25, -0.2) is 4.39 Å². The molecule has 5 atom stereocenters. The smallest absolute Gasteiger partial charge is 0.106 e. The van der Waals surface area contributed by atoms with Gasteiger partial charge in [0.05, 0.1) is 22.6 Å². The second kappa shape index (κ2) is 7.96. The third-order valence-electron chi connectivity index (χ3n) is 9.93. The largest absolute Gasteiger partial charge is 0.370 e. The molecule has 0 aromatic carbocycles. The van der Waals surface area contributed by atoms with Crippen LogP contribution >= 0.6 is 0 Å². The van der Waals surface area contributed by atoms with Crippen LogP contribution in [0, 0.1) is 11.8 Å². The quantitative estimate of drug-likeness (QED) is 0.635. The van der Waals surface area contributed by atoms with Crippen molar-refractivity contribution in [2.75, 3.05) is 39.3 Å². The van der Waals surface area contributed by atoms with Crippen LogP contribution in [-0.2, 0) is 5.54 Å². The van der Waals surface area contributed by atoms with Crippen molar-refractivity contribution in [1.82, 2.24) is 24.7 Å². The Morgan fingerprint density at radius 2 is 1.81 bits per heavy atom. The number of piperazine rings is 1. The van der Waals surface area contributed by atoms with Crippen molar-refractivity contribution < 1.29 is 4.39 Å². The van der Waals surface area contributed by atoms with Crippen LogP contribution in [0.5, 0.6) is 0 Å². The first-order valence-electron chi connectivity index (χ1n) is 14.0. The molecule has 2 aromatic heterocycles. The van der Waals surface area contributed by atoms with Gasteiger partial charge >= 0.3 is 0 Å². The van der Waals surface area contributed by atoms with E-state index in [1.54, 1.807) is 6.08 Å². The van der Waals surface area contributed by atoms with Gasteiger partial charge in [-0.3, -0.25) is 19.8 Å². The minimum atomic E-state index is -0.198. The molecule has 2 aliphatic heterocycles. The summed E-state index contributed by atoms with van der Waals surface area (Å²) in [6.07, 6.45) is 14.0. The van der Waals surface area contributed by atoms with Gasteiger partial charge in [-0.2, -0.15) is 0 Å². The Morgan fingerprint density at radius 3 is 2.72 bits per heavy atom. The van der Waals surface area contributed by atoms with E-state index >= 15 is 0 Å². The average molecular weight is 484 g/mol. The van der Waals surface area contributed by atoms with Crippen molar-refractivity contribution in [3.63, 3.8) is 0 Å². The molecule has 36 heavy (non-hydrogen) atoms. The Bertz CT molecular complexity index is 1260. The van der Waals surface area contributed by atoms with Gasteiger partial charge < -0.3 is 4.90 Å². The highest BCUT2D eigenvalue weighted by atomic mass is 19.1. The molecule has 0 radical (unpaired) electrons. The molecule has 8 rings (SSSR count). The van der Waals surface area contributed by atoms with E-state index < -0.39 is 0 Å². The number of pyridine rings is 2. The topological polar surface area (TPSA) is 35.5 Å². The van der Waals surface area contributed by atoms with Gasteiger partial charge in [-0.05, 0) is 67.7 Å². The fourth-order valence-corrected chi connectivity index (χ4v) is 7.88. The van der Waals surface area contributed by atoms with Gasteiger partial charge in [0.2, 0.25) is 0 Å². The zero-order valence-electron chi connectivity index (χ0n) is 20.8. The Hall–Kier alpha value is -2.57. The lowest BCUT2D eigenvalue weighted by molar-refractivity contribution is 0.0477. The molecular formula is C30H34FN5. The number of fused-ring (bicyclic) bond motifs is 6. The molecule has 6 aliphatic rings. The third kappa shape index (κ3) is 3.20. The van der Waals surface area contributed by atoms with Crippen LogP contribution < -0.4 is 0 Å². The Morgan fingerprint density at radius 1 is 0.944 bits per heavy atom. The number of rotatable bonds is 3. The van der Waals surface area contributed by atoms with Crippen LogP contribution in [0.4, 0.5) is 4.39 Å². The second-order valence-electron chi connectivity index (χ2n) is 11.7. The molecule has 5 unspecified atom stereocenters. The van der Waals surface area contributed by atoms with Crippen molar-refractivity contribution >= 4 is 11.8 Å². The third-order valence-corrected chi connectivity index (χ3v) is 9.93. The number of hydrogen-bond acceptors (Lipinski definition) is 5. The van der Waals surface area contributed by atoms with E-state index in [1.165, 1.54) is 42.6 Å². The highest BCUT2D eigenvalue weighted by Gasteiger charge is 2.64. The summed E-state index contributed by atoms with van der Waals surface area (Å²) >= 11 is 0. The summed E-state index contributed by atoms with van der Waals surface area (Å²) < 4.78 is 14.8. The van der Waals surface area contributed by atoms with E-state index in [9.17, 15) is 4.39 Å². The summed E-state index contributed by atoms with van der Waals surface area (Å²) in [5.74, 6) is 1.50. The summed E-state index contributed by atoms with van der Waals surface area (Å²) in [4.78, 5) is 17.5. The van der Waals surface area contributed by atoms with Gasteiger partial charge in [0, 0.05) is 69.2 Å². The summed E-state index contributed by atoms with van der Waals surface area (Å²) in [6, 6.07) is 8.98. The monoisotopic (exact) mass is 483 g/mol. The van der Waals surface area contributed by atoms with E-state index in [0.29, 0.717) is 12.0 Å². The molecule has 4 heterocycles. The first-order chi connectivity index (χ1) is 17.7. The van der Waals surface area contributed by atoms with Crippen LogP contribution in [0.2, 0.25) is 0 Å². The van der Waals surface area contributed by atoms with Gasteiger partial charge in [0.25, 0.3) is 0 Å². The number of allylic oxidation sites excluding steroid dienone is 1. The number of aromatic nitrogens is 2. The molecule has 0 N–H and O–H groups in total. The maximum atomic E-state index is 14.8. The number of nitrogens with zero attached hydrogens (tertiary/aromatic N) is 5. The molecule has 2 saturated carbocycles. The normalized spacial score (nSPS) is 35.4. The predicted molar refractivity (Wildman–Crippen MR) is 139 cm³/mol. The Balaban J connectivity index is 0.943. The lowest BCUT2D eigenvalue weighted by Gasteiger charge is -2.43. The van der Waals surface area contributed by atoms with Gasteiger partial charge in [-0.15, -0.1) is 0 Å². The lowest BCUT2D eigenvalue weighted by Crippen LogP contribution is -2.54. The van der Waals surface area contributed by atoms with Crippen molar-refractivity contribution in [2.45, 2.75) is 49.6 Å². The van der Waals surface area contributed by atoms with Crippen LogP contribution in [0.3, 0.4) is 0 Å². The van der Waals surface area contributed by atoms with E-state index in [1.807, 2.05) is 24.5 Å². The minimum absolute atomic E-state index is 0.00390. The molecule has 2 aromatic rings. The predicted octanol–water partition coefficient (Wildman–Crippen LogP) is 4.65. The number of halogens is 1. The summed E-state index contributed by atoms with van der Waals surface area (Å²) in [6.45, 7) is 6.40. The molecule has 186 valence electrons. The van der Waals surface area contributed by atoms with Crippen molar-refractivity contribution in [3.8, 4) is 0 Å². The number of likely N-dealkylation sites (tertiary alicyclic amines) is 1. The zero-order valence-corrected chi connectivity index (χ0v) is 20.8. The van der Waals surface area contributed by atoms with Crippen LogP contribution in [0.25, 0.3) is 11.8 Å². The SMILES string of the molecule is FC1=Cc2cccnc2C2(N3CCN(C4CCCN(C5=CC6CC6c6cccnc65)CC4)CC3)CC12. The minimum Gasteiger partial charge on any atom is -0.370 e. The molecule has 0 bridgehead atoms. The summed E-state index contributed by atoms with van der Waals surface area (Å²) in [5.41, 5.74) is 5.98. The molecule has 0 amide bonds. The van der Waals surface area contributed by atoms with E-state index in [4.69, 9.17) is 9.97 Å². The highest BCUT2D eigenvalue weighted by molar-refractivity contribution is 5.69. The van der Waals surface area contributed by atoms with Crippen LogP contribution in [-0.4, -0.2) is 70.0 Å². The first-order valence-corrected chi connectivity index (χ1v) is 14.0. The highest BCUT2D eigenvalue weighted by Crippen LogP contribution is 2.63. The lowest BCUT2D eigenvalue weighted by atomic mass is 9.94. The van der Waals surface area contributed by atoms with Crippen molar-refractivity contribution in [1.29, 1.82) is 0 Å².